The van der Waals surface area contributed by atoms with Gasteiger partial charge >= 0.3 is 0 Å². The van der Waals surface area contributed by atoms with Gasteiger partial charge in [0.15, 0.2) is 0 Å². The molecule has 1 aliphatic heterocycles. The van der Waals surface area contributed by atoms with Gasteiger partial charge in [-0.05, 0) is 11.6 Å². The molecule has 0 radical (unpaired) electrons. The molecule has 2 N–H and O–H groups in total. The fourth-order valence-corrected chi connectivity index (χ4v) is 3.34. The van der Waals surface area contributed by atoms with Crippen LogP contribution in [0.25, 0.3) is 5.57 Å². The van der Waals surface area contributed by atoms with E-state index in [4.69, 9.17) is 10.5 Å². The molecule has 4 nitrogen and oxygen atoms in total. The van der Waals surface area contributed by atoms with E-state index < -0.39 is 9.84 Å². The van der Waals surface area contributed by atoms with E-state index in [-0.39, 0.29) is 11.4 Å². The molecule has 15 heavy (non-hydrogen) atoms. The summed E-state index contributed by atoms with van der Waals surface area (Å²) in [6, 6.07) is 5.12. The number of nitrogens with two attached hydrogens (primary N) is 1. The van der Waals surface area contributed by atoms with E-state index in [0.717, 1.165) is 0 Å². The minimum absolute atomic E-state index is 0.208. The van der Waals surface area contributed by atoms with Crippen LogP contribution in [0.15, 0.2) is 28.5 Å². The molecule has 1 aliphatic rings. The van der Waals surface area contributed by atoms with Crippen molar-refractivity contribution in [3.8, 4) is 5.75 Å². The Balaban J connectivity index is 2.77. The third-order valence-corrected chi connectivity index (χ3v) is 3.93. The third kappa shape index (κ3) is 1.44. The van der Waals surface area contributed by atoms with Gasteiger partial charge in [0.05, 0.1) is 7.11 Å². The highest BCUT2D eigenvalue weighted by atomic mass is 32.2. The summed E-state index contributed by atoms with van der Waals surface area (Å²) in [7, 11) is -1.93. The van der Waals surface area contributed by atoms with Crippen molar-refractivity contribution in [2.45, 2.75) is 4.90 Å². The minimum atomic E-state index is -3.38. The summed E-state index contributed by atoms with van der Waals surface area (Å²) in [6.07, 6.45) is 0. The summed E-state index contributed by atoms with van der Waals surface area (Å²) in [6.45, 7) is 0.208. The standard InChI is InChI=1S/C10H11NO3S/c1-14-9-4-2-3-8-7(5-11)6-15(12,13)10(8)9/h2-4,6H,5,11H2,1H3. The summed E-state index contributed by atoms with van der Waals surface area (Å²) in [5, 5.41) is 1.21. The van der Waals surface area contributed by atoms with Crippen molar-refractivity contribution in [2.75, 3.05) is 13.7 Å². The van der Waals surface area contributed by atoms with Gasteiger partial charge in [0.25, 0.3) is 0 Å². The normalized spacial score (nSPS) is 17.1. The Morgan fingerprint density at radius 3 is 2.73 bits per heavy atom. The van der Waals surface area contributed by atoms with Crippen molar-refractivity contribution in [3.63, 3.8) is 0 Å². The van der Waals surface area contributed by atoms with Crippen LogP contribution in [-0.2, 0) is 9.84 Å². The van der Waals surface area contributed by atoms with E-state index >= 15 is 0 Å². The van der Waals surface area contributed by atoms with Crippen LogP contribution in [0.3, 0.4) is 0 Å². The fourth-order valence-electron chi connectivity index (χ4n) is 1.69. The average Bonchev–Trinajstić information content (AvgIpc) is 2.50. The highest BCUT2D eigenvalue weighted by molar-refractivity contribution is 7.95. The van der Waals surface area contributed by atoms with Gasteiger partial charge in [-0.15, -0.1) is 0 Å². The predicted octanol–water partition coefficient (Wildman–Crippen LogP) is 0.782. The van der Waals surface area contributed by atoms with Crippen molar-refractivity contribution in [2.24, 2.45) is 5.73 Å². The highest BCUT2D eigenvalue weighted by Crippen LogP contribution is 2.38. The second-order valence-electron chi connectivity index (χ2n) is 3.23. The first-order chi connectivity index (χ1) is 7.10. The minimum Gasteiger partial charge on any atom is -0.495 e. The maximum atomic E-state index is 11.8. The van der Waals surface area contributed by atoms with Gasteiger partial charge in [-0.2, -0.15) is 0 Å². The molecule has 0 saturated carbocycles. The predicted molar refractivity (Wildman–Crippen MR) is 57.2 cm³/mol. The Bertz CT molecular complexity index is 532. The van der Waals surface area contributed by atoms with Crippen molar-refractivity contribution in [3.05, 3.63) is 29.2 Å². The second-order valence-corrected chi connectivity index (χ2v) is 4.96. The van der Waals surface area contributed by atoms with Gasteiger partial charge in [0.2, 0.25) is 9.84 Å². The van der Waals surface area contributed by atoms with Crippen LogP contribution in [-0.4, -0.2) is 22.1 Å². The largest absolute Gasteiger partial charge is 0.495 e. The molecular weight excluding hydrogens is 214 g/mol. The first kappa shape index (κ1) is 10.2. The zero-order valence-corrected chi connectivity index (χ0v) is 9.04. The van der Waals surface area contributed by atoms with Gasteiger partial charge in [-0.25, -0.2) is 8.42 Å². The first-order valence-electron chi connectivity index (χ1n) is 4.43. The van der Waals surface area contributed by atoms with Gasteiger partial charge in [0.1, 0.15) is 10.6 Å². The summed E-state index contributed by atoms with van der Waals surface area (Å²) < 4.78 is 28.6. The summed E-state index contributed by atoms with van der Waals surface area (Å²) in [5.41, 5.74) is 6.77. The molecule has 2 rings (SSSR count). The molecule has 1 aromatic carbocycles. The van der Waals surface area contributed by atoms with Crippen molar-refractivity contribution in [1.29, 1.82) is 0 Å². The number of ether oxygens (including phenoxy) is 1. The van der Waals surface area contributed by atoms with Crippen LogP contribution < -0.4 is 10.5 Å². The maximum Gasteiger partial charge on any atom is 0.204 e. The summed E-state index contributed by atoms with van der Waals surface area (Å²) in [5.74, 6) is 0.368. The molecule has 0 fully saturated rings. The lowest BCUT2D eigenvalue weighted by atomic mass is 10.1. The molecule has 0 aromatic heterocycles. The molecule has 0 saturated heterocycles. The molecular formula is C10H11NO3S. The molecule has 1 aromatic rings. The lowest BCUT2D eigenvalue weighted by molar-refractivity contribution is 0.403. The SMILES string of the molecule is COc1cccc2c1S(=O)(=O)C=C2CN. The van der Waals surface area contributed by atoms with E-state index in [1.807, 2.05) is 0 Å². The van der Waals surface area contributed by atoms with Crippen molar-refractivity contribution in [1.82, 2.24) is 0 Å². The van der Waals surface area contributed by atoms with Gasteiger partial charge in [-0.3, -0.25) is 0 Å². The second kappa shape index (κ2) is 3.36. The number of hydrogen-bond acceptors (Lipinski definition) is 4. The smallest absolute Gasteiger partial charge is 0.204 e. The Kier molecular flexibility index (Phi) is 2.28. The Labute approximate surface area is 88.3 Å². The van der Waals surface area contributed by atoms with Crippen molar-refractivity contribution >= 4 is 15.4 Å². The first-order valence-corrected chi connectivity index (χ1v) is 5.98. The number of benzene rings is 1. The maximum absolute atomic E-state index is 11.8. The van der Waals surface area contributed by atoms with Crippen LogP contribution in [0.5, 0.6) is 5.75 Å². The number of hydrogen-bond donors (Lipinski definition) is 1. The Morgan fingerprint density at radius 2 is 2.13 bits per heavy atom. The highest BCUT2D eigenvalue weighted by Gasteiger charge is 2.29. The summed E-state index contributed by atoms with van der Waals surface area (Å²) >= 11 is 0. The molecule has 0 amide bonds. The Hall–Kier alpha value is -1.33. The quantitative estimate of drug-likeness (QED) is 0.807. The van der Waals surface area contributed by atoms with Gasteiger partial charge < -0.3 is 10.5 Å². The third-order valence-electron chi connectivity index (χ3n) is 2.35. The van der Waals surface area contributed by atoms with E-state index in [1.54, 1.807) is 18.2 Å². The van der Waals surface area contributed by atoms with Gasteiger partial charge in [0, 0.05) is 17.5 Å². The molecule has 5 heteroatoms. The number of sulfone groups is 1. The van der Waals surface area contributed by atoms with E-state index in [9.17, 15) is 8.42 Å². The zero-order chi connectivity index (χ0) is 11.1. The molecule has 0 spiro atoms. The van der Waals surface area contributed by atoms with Crippen molar-refractivity contribution < 1.29 is 13.2 Å². The summed E-state index contributed by atoms with van der Waals surface area (Å²) in [4.78, 5) is 0.230. The fraction of sp³-hybridized carbons (Fsp3) is 0.200. The van der Waals surface area contributed by atoms with Crippen LogP contribution in [0.1, 0.15) is 5.56 Å². The number of rotatable bonds is 2. The van der Waals surface area contributed by atoms with Crippen LogP contribution in [0.4, 0.5) is 0 Å². The number of methoxy groups -OCH3 is 1. The molecule has 80 valence electrons. The van der Waals surface area contributed by atoms with E-state index in [2.05, 4.69) is 0 Å². The van der Waals surface area contributed by atoms with E-state index in [0.29, 0.717) is 16.9 Å². The van der Waals surface area contributed by atoms with Crippen LogP contribution in [0, 0.1) is 0 Å². The van der Waals surface area contributed by atoms with Crippen LogP contribution in [0.2, 0.25) is 0 Å². The zero-order valence-electron chi connectivity index (χ0n) is 8.23. The molecule has 0 unspecified atom stereocenters. The molecule has 0 bridgehead atoms. The Morgan fingerprint density at radius 1 is 1.40 bits per heavy atom. The van der Waals surface area contributed by atoms with E-state index in [1.165, 1.54) is 12.5 Å². The number of fused-ring (bicyclic) bond motifs is 1. The topological polar surface area (TPSA) is 69.4 Å². The van der Waals surface area contributed by atoms with Gasteiger partial charge in [-0.1, -0.05) is 12.1 Å². The molecule has 0 aliphatic carbocycles. The molecule has 1 heterocycles. The monoisotopic (exact) mass is 225 g/mol. The average molecular weight is 225 g/mol. The lowest BCUT2D eigenvalue weighted by Crippen LogP contribution is -2.01. The van der Waals surface area contributed by atoms with Crippen LogP contribution >= 0.6 is 0 Å². The lowest BCUT2D eigenvalue weighted by Gasteiger charge is -2.06. The molecule has 0 atom stereocenters.